The third-order valence-electron chi connectivity index (χ3n) is 3.59. The first-order chi connectivity index (χ1) is 11.9. The van der Waals surface area contributed by atoms with Crippen LogP contribution in [0, 0.1) is 13.8 Å². The number of aromatic nitrogens is 1. The molecule has 0 saturated heterocycles. The van der Waals surface area contributed by atoms with Crippen molar-refractivity contribution in [1.29, 1.82) is 0 Å². The molecule has 2 rings (SSSR count). The molecule has 7 heteroatoms. The van der Waals surface area contributed by atoms with Gasteiger partial charge in [0.15, 0.2) is 17.9 Å². The summed E-state index contributed by atoms with van der Waals surface area (Å²) in [6.45, 7) is 5.05. The minimum absolute atomic E-state index is 0.160. The lowest BCUT2D eigenvalue weighted by atomic mass is 10.1. The number of pyridine rings is 1. The van der Waals surface area contributed by atoms with Gasteiger partial charge in [-0.25, -0.2) is 9.78 Å². The smallest absolute Gasteiger partial charge is 0.344 e. The largest absolute Gasteiger partial charge is 0.482 e. The summed E-state index contributed by atoms with van der Waals surface area (Å²) in [5.74, 6) is -0.535. The lowest BCUT2D eigenvalue weighted by molar-refractivity contribution is -0.155. The molecule has 1 N–H and O–H groups in total. The standard InChI is InChI=1S/C18H19ClN2O4/c1-11-6-4-8-15(12(11)2)24-10-16(22)25-13(3)18(23)21-14-7-5-9-20-17(14)19/h4-9,13H,10H2,1-3H3,(H,21,23)/t13-/m1/s1. The molecule has 0 aliphatic rings. The average Bonchev–Trinajstić information content (AvgIpc) is 2.58. The maximum absolute atomic E-state index is 12.1. The molecule has 0 radical (unpaired) electrons. The van der Waals surface area contributed by atoms with Crippen molar-refractivity contribution in [2.75, 3.05) is 11.9 Å². The van der Waals surface area contributed by atoms with Crippen LogP contribution >= 0.6 is 11.6 Å². The monoisotopic (exact) mass is 362 g/mol. The molecule has 0 spiro atoms. The van der Waals surface area contributed by atoms with Crippen LogP contribution in [-0.4, -0.2) is 29.6 Å². The highest BCUT2D eigenvalue weighted by Crippen LogP contribution is 2.20. The number of anilines is 1. The van der Waals surface area contributed by atoms with Crippen LogP contribution in [0.15, 0.2) is 36.5 Å². The van der Waals surface area contributed by atoms with E-state index in [1.54, 1.807) is 18.2 Å². The Hall–Kier alpha value is -2.60. The number of hydrogen-bond donors (Lipinski definition) is 1. The van der Waals surface area contributed by atoms with Gasteiger partial charge in [0, 0.05) is 6.20 Å². The van der Waals surface area contributed by atoms with E-state index >= 15 is 0 Å². The topological polar surface area (TPSA) is 77.5 Å². The zero-order chi connectivity index (χ0) is 18.4. The Labute approximate surface area is 151 Å². The predicted octanol–water partition coefficient (Wildman–Crippen LogP) is 3.30. The van der Waals surface area contributed by atoms with Crippen molar-refractivity contribution >= 4 is 29.2 Å². The summed E-state index contributed by atoms with van der Waals surface area (Å²) >= 11 is 5.87. The number of halogens is 1. The molecular formula is C18H19ClN2O4. The number of carbonyl (C=O) groups excluding carboxylic acids is 2. The number of esters is 1. The fourth-order valence-corrected chi connectivity index (χ4v) is 2.18. The first-order valence-corrected chi connectivity index (χ1v) is 8.06. The highest BCUT2D eigenvalue weighted by atomic mass is 35.5. The Balaban J connectivity index is 1.86. The number of hydrogen-bond acceptors (Lipinski definition) is 5. The molecule has 0 saturated carbocycles. The predicted molar refractivity (Wildman–Crippen MR) is 94.8 cm³/mol. The molecule has 1 heterocycles. The van der Waals surface area contributed by atoms with Crippen molar-refractivity contribution in [3.8, 4) is 5.75 Å². The molecule has 1 aromatic heterocycles. The van der Waals surface area contributed by atoms with E-state index in [-0.39, 0.29) is 11.8 Å². The zero-order valence-corrected chi connectivity index (χ0v) is 15.0. The van der Waals surface area contributed by atoms with Gasteiger partial charge in [0.2, 0.25) is 0 Å². The summed E-state index contributed by atoms with van der Waals surface area (Å²) < 4.78 is 10.5. The summed E-state index contributed by atoms with van der Waals surface area (Å²) in [5.41, 5.74) is 2.36. The molecule has 0 aliphatic heterocycles. The van der Waals surface area contributed by atoms with E-state index in [4.69, 9.17) is 21.1 Å². The molecule has 132 valence electrons. The Bertz CT molecular complexity index is 779. The summed E-state index contributed by atoms with van der Waals surface area (Å²) in [5, 5.41) is 2.71. The molecule has 0 unspecified atom stereocenters. The minimum Gasteiger partial charge on any atom is -0.482 e. The van der Waals surface area contributed by atoms with Crippen molar-refractivity contribution in [2.24, 2.45) is 0 Å². The van der Waals surface area contributed by atoms with Gasteiger partial charge in [-0.3, -0.25) is 4.79 Å². The van der Waals surface area contributed by atoms with Crippen LogP contribution in [-0.2, 0) is 14.3 Å². The first kappa shape index (κ1) is 18.7. The molecule has 25 heavy (non-hydrogen) atoms. The number of carbonyl (C=O) groups is 2. The first-order valence-electron chi connectivity index (χ1n) is 7.68. The molecular weight excluding hydrogens is 344 g/mol. The molecule has 1 amide bonds. The minimum atomic E-state index is -0.994. The maximum Gasteiger partial charge on any atom is 0.344 e. The van der Waals surface area contributed by atoms with Gasteiger partial charge in [-0.1, -0.05) is 23.7 Å². The second-order valence-electron chi connectivity index (χ2n) is 5.45. The number of aryl methyl sites for hydroxylation is 1. The van der Waals surface area contributed by atoms with Gasteiger partial charge in [0.1, 0.15) is 5.75 Å². The summed E-state index contributed by atoms with van der Waals surface area (Å²) in [6.07, 6.45) is 0.512. The molecule has 1 atom stereocenters. The van der Waals surface area contributed by atoms with Crippen LogP contribution < -0.4 is 10.1 Å². The number of nitrogens with one attached hydrogen (secondary N) is 1. The van der Waals surface area contributed by atoms with Crippen molar-refractivity contribution in [2.45, 2.75) is 26.9 Å². The van der Waals surface area contributed by atoms with E-state index in [9.17, 15) is 9.59 Å². The maximum atomic E-state index is 12.1. The third-order valence-corrected chi connectivity index (χ3v) is 3.90. The van der Waals surface area contributed by atoms with Gasteiger partial charge in [0.05, 0.1) is 5.69 Å². The highest BCUT2D eigenvalue weighted by molar-refractivity contribution is 6.32. The lowest BCUT2D eigenvalue weighted by Gasteiger charge is -2.15. The fraction of sp³-hybridized carbons (Fsp3) is 0.278. The van der Waals surface area contributed by atoms with Gasteiger partial charge < -0.3 is 14.8 Å². The van der Waals surface area contributed by atoms with Gasteiger partial charge in [-0.2, -0.15) is 0 Å². The molecule has 0 aliphatic carbocycles. The van der Waals surface area contributed by atoms with Crippen LogP contribution in [0.2, 0.25) is 5.15 Å². The number of ether oxygens (including phenoxy) is 2. The molecule has 2 aromatic rings. The van der Waals surface area contributed by atoms with E-state index < -0.39 is 18.0 Å². The fourth-order valence-electron chi connectivity index (χ4n) is 2.02. The van der Waals surface area contributed by atoms with Gasteiger partial charge in [-0.05, 0) is 50.1 Å². The quantitative estimate of drug-likeness (QED) is 0.630. The normalized spacial score (nSPS) is 11.5. The number of amides is 1. The molecule has 0 fully saturated rings. The van der Waals surface area contributed by atoms with Crippen molar-refractivity contribution in [3.05, 3.63) is 52.8 Å². The summed E-state index contributed by atoms with van der Waals surface area (Å²) in [4.78, 5) is 27.8. The Morgan fingerprint density at radius 2 is 2.00 bits per heavy atom. The molecule has 0 bridgehead atoms. The van der Waals surface area contributed by atoms with E-state index in [0.29, 0.717) is 11.4 Å². The SMILES string of the molecule is Cc1cccc(OCC(=O)O[C@H](C)C(=O)Nc2cccnc2Cl)c1C. The molecule has 6 nitrogen and oxygen atoms in total. The number of benzene rings is 1. The van der Waals surface area contributed by atoms with Crippen LogP contribution in [0.5, 0.6) is 5.75 Å². The van der Waals surface area contributed by atoms with Crippen LogP contribution in [0.25, 0.3) is 0 Å². The highest BCUT2D eigenvalue weighted by Gasteiger charge is 2.19. The third kappa shape index (κ3) is 5.19. The second-order valence-corrected chi connectivity index (χ2v) is 5.81. The van der Waals surface area contributed by atoms with Gasteiger partial charge in [-0.15, -0.1) is 0 Å². The van der Waals surface area contributed by atoms with Crippen molar-refractivity contribution in [3.63, 3.8) is 0 Å². The number of nitrogens with zero attached hydrogens (tertiary/aromatic N) is 1. The average molecular weight is 363 g/mol. The van der Waals surface area contributed by atoms with E-state index in [0.717, 1.165) is 11.1 Å². The Morgan fingerprint density at radius 1 is 1.24 bits per heavy atom. The summed E-state index contributed by atoms with van der Waals surface area (Å²) in [6, 6.07) is 8.81. The Kier molecular flexibility index (Phi) is 6.36. The van der Waals surface area contributed by atoms with E-state index in [1.807, 2.05) is 26.0 Å². The lowest BCUT2D eigenvalue weighted by Crippen LogP contribution is -2.31. The van der Waals surface area contributed by atoms with Crippen LogP contribution in [0.3, 0.4) is 0 Å². The zero-order valence-electron chi connectivity index (χ0n) is 14.2. The van der Waals surface area contributed by atoms with Crippen molar-refractivity contribution < 1.29 is 19.1 Å². The molecule has 1 aromatic carbocycles. The van der Waals surface area contributed by atoms with Crippen LogP contribution in [0.4, 0.5) is 5.69 Å². The van der Waals surface area contributed by atoms with E-state index in [1.165, 1.54) is 13.1 Å². The van der Waals surface area contributed by atoms with Crippen molar-refractivity contribution in [1.82, 2.24) is 4.98 Å². The van der Waals surface area contributed by atoms with Crippen LogP contribution in [0.1, 0.15) is 18.1 Å². The van der Waals surface area contributed by atoms with Gasteiger partial charge >= 0.3 is 5.97 Å². The number of rotatable bonds is 6. The Morgan fingerprint density at radius 3 is 2.72 bits per heavy atom. The van der Waals surface area contributed by atoms with Gasteiger partial charge in [0.25, 0.3) is 5.91 Å². The van der Waals surface area contributed by atoms with E-state index in [2.05, 4.69) is 10.3 Å². The summed E-state index contributed by atoms with van der Waals surface area (Å²) in [7, 11) is 0. The second kappa shape index (κ2) is 8.48.